The van der Waals surface area contributed by atoms with Crippen molar-refractivity contribution in [3.63, 3.8) is 0 Å². The number of nitrogens with two attached hydrogens (primary N) is 1. The maximum Gasteiger partial charge on any atom is 0.214 e. The molecule has 0 heterocycles. The molecule has 0 aliphatic carbocycles. The van der Waals surface area contributed by atoms with Crippen molar-refractivity contribution < 1.29 is 12.8 Å². The number of sulfonamides is 1. The summed E-state index contributed by atoms with van der Waals surface area (Å²) >= 11 is 0. The number of primary sulfonamides is 1. The van der Waals surface area contributed by atoms with Crippen LogP contribution < -0.4 is 5.14 Å². The molecule has 0 saturated heterocycles. The van der Waals surface area contributed by atoms with Crippen molar-refractivity contribution in [2.75, 3.05) is 6.61 Å². The Labute approximate surface area is 106 Å². The molecule has 0 aromatic heterocycles. The zero-order chi connectivity index (χ0) is 13.9. The summed E-state index contributed by atoms with van der Waals surface area (Å²) in [5, 5.41) is 4.54. The van der Waals surface area contributed by atoms with Crippen LogP contribution in [-0.4, -0.2) is 28.6 Å². The van der Waals surface area contributed by atoms with Gasteiger partial charge in [0.05, 0.1) is 6.61 Å². The van der Waals surface area contributed by atoms with Crippen LogP contribution in [0.3, 0.4) is 0 Å². The summed E-state index contributed by atoms with van der Waals surface area (Å²) in [6, 6.07) is 0. The molecule has 0 unspecified atom stereocenters. The molecule has 2 N–H and O–H groups in total. The lowest BCUT2D eigenvalue weighted by Crippen LogP contribution is -2.44. The molecule has 0 radical (unpaired) electrons. The maximum atomic E-state index is 11.4. The van der Waals surface area contributed by atoms with Gasteiger partial charge in [0, 0.05) is 0 Å². The highest BCUT2D eigenvalue weighted by molar-refractivity contribution is 7.89. The van der Waals surface area contributed by atoms with Gasteiger partial charge in [-0.1, -0.05) is 26.8 Å². The van der Waals surface area contributed by atoms with E-state index in [0.717, 1.165) is 0 Å². The van der Waals surface area contributed by atoms with Gasteiger partial charge in [0.1, 0.15) is 5.25 Å². The van der Waals surface area contributed by atoms with Crippen molar-refractivity contribution in [2.45, 2.75) is 50.6 Å². The Bertz CT molecular complexity index is 357. The van der Waals surface area contributed by atoms with Crippen molar-refractivity contribution >= 4 is 18.3 Å². The highest BCUT2D eigenvalue weighted by atomic mass is 32.2. The lowest BCUT2D eigenvalue weighted by Gasteiger charge is -2.37. The second kappa shape index (κ2) is 5.64. The van der Waals surface area contributed by atoms with E-state index in [1.54, 1.807) is 6.08 Å². The molecule has 0 aromatic rings. The largest absolute Gasteiger partial charge is 0.415 e. The average molecular weight is 279 g/mol. The molecule has 0 aromatic carbocycles. The van der Waals surface area contributed by atoms with Crippen molar-refractivity contribution in [2.24, 2.45) is 5.14 Å². The first kappa shape index (κ1) is 16.8. The topological polar surface area (TPSA) is 69.4 Å². The Balaban J connectivity index is 4.68. The third-order valence-electron chi connectivity index (χ3n) is 3.33. The lowest BCUT2D eigenvalue weighted by atomic mass is 10.2. The monoisotopic (exact) mass is 279 g/mol. The molecule has 0 saturated carbocycles. The molecular weight excluding hydrogens is 254 g/mol. The van der Waals surface area contributed by atoms with E-state index in [2.05, 4.69) is 40.4 Å². The van der Waals surface area contributed by atoms with E-state index in [-0.39, 0.29) is 11.6 Å². The van der Waals surface area contributed by atoms with Crippen LogP contribution in [0.25, 0.3) is 0 Å². The van der Waals surface area contributed by atoms with Crippen LogP contribution in [-0.2, 0) is 14.4 Å². The Morgan fingerprint density at radius 1 is 1.41 bits per heavy atom. The minimum Gasteiger partial charge on any atom is -0.415 e. The normalized spacial score (nSPS) is 15.6. The van der Waals surface area contributed by atoms with Crippen LogP contribution >= 0.6 is 0 Å². The van der Waals surface area contributed by atoms with Crippen molar-refractivity contribution in [1.82, 2.24) is 0 Å². The van der Waals surface area contributed by atoms with Gasteiger partial charge in [-0.3, -0.25) is 0 Å². The highest BCUT2D eigenvalue weighted by Crippen LogP contribution is 2.36. The summed E-state index contributed by atoms with van der Waals surface area (Å²) in [5.74, 6) is 0. The molecule has 0 aliphatic heterocycles. The molecule has 4 nitrogen and oxygen atoms in total. The third-order valence-corrected chi connectivity index (χ3v) is 9.09. The fourth-order valence-corrected chi connectivity index (χ4v) is 2.83. The minimum absolute atomic E-state index is 0.0596. The molecule has 0 rings (SSSR count). The quantitative estimate of drug-likeness (QED) is 0.599. The summed E-state index contributed by atoms with van der Waals surface area (Å²) in [7, 11) is -5.50. The van der Waals surface area contributed by atoms with E-state index in [4.69, 9.17) is 9.56 Å². The van der Waals surface area contributed by atoms with Crippen molar-refractivity contribution in [1.29, 1.82) is 0 Å². The lowest BCUT2D eigenvalue weighted by molar-refractivity contribution is 0.284. The molecule has 0 bridgehead atoms. The van der Waals surface area contributed by atoms with Crippen LogP contribution in [0.4, 0.5) is 0 Å². The van der Waals surface area contributed by atoms with Gasteiger partial charge in [0.2, 0.25) is 10.0 Å². The van der Waals surface area contributed by atoms with Gasteiger partial charge < -0.3 is 4.43 Å². The highest BCUT2D eigenvalue weighted by Gasteiger charge is 2.38. The first-order chi connectivity index (χ1) is 7.42. The van der Waals surface area contributed by atoms with Crippen LogP contribution in [0, 0.1) is 0 Å². The van der Waals surface area contributed by atoms with Crippen LogP contribution in [0.15, 0.2) is 12.7 Å². The predicted molar refractivity (Wildman–Crippen MR) is 74.9 cm³/mol. The SMILES string of the molecule is C=CC[C@H](CO[Si](C)(C)C(C)(C)C)S(N)(=O)=O. The number of hydrogen-bond acceptors (Lipinski definition) is 3. The molecule has 17 heavy (non-hydrogen) atoms. The van der Waals surface area contributed by atoms with Crippen LogP contribution in [0.5, 0.6) is 0 Å². The molecular formula is C11H25NO3SSi. The fraction of sp³-hybridized carbons (Fsp3) is 0.818. The fourth-order valence-electron chi connectivity index (χ4n) is 1.00. The summed E-state index contributed by atoms with van der Waals surface area (Å²) < 4.78 is 28.6. The number of allylic oxidation sites excluding steroid dienone is 1. The van der Waals surface area contributed by atoms with Gasteiger partial charge in [0.25, 0.3) is 0 Å². The summed E-state index contributed by atoms with van der Waals surface area (Å²) in [4.78, 5) is 0. The van der Waals surface area contributed by atoms with Crippen LogP contribution in [0.1, 0.15) is 27.2 Å². The molecule has 6 heteroatoms. The smallest absolute Gasteiger partial charge is 0.214 e. The maximum absolute atomic E-state index is 11.4. The Morgan fingerprint density at radius 2 is 1.88 bits per heavy atom. The van der Waals surface area contributed by atoms with Gasteiger partial charge in [-0.2, -0.15) is 0 Å². The number of rotatable bonds is 6. The summed E-state index contributed by atoms with van der Waals surface area (Å²) in [6.45, 7) is 14.2. The standard InChI is InChI=1S/C11H25NO3SSi/c1-7-8-10(16(12,13)14)9-15-17(5,6)11(2,3)4/h7,10H,1,8-9H2,2-6H3,(H2,12,13,14)/t10-/m1/s1. The predicted octanol–water partition coefficient (Wildman–Crippen LogP) is 2.24. The van der Waals surface area contributed by atoms with E-state index in [9.17, 15) is 8.42 Å². The van der Waals surface area contributed by atoms with Gasteiger partial charge in [0.15, 0.2) is 8.32 Å². The molecule has 0 aliphatic rings. The average Bonchev–Trinajstić information content (AvgIpc) is 2.08. The zero-order valence-corrected chi connectivity index (χ0v) is 13.3. The van der Waals surface area contributed by atoms with E-state index < -0.39 is 23.6 Å². The van der Waals surface area contributed by atoms with Gasteiger partial charge >= 0.3 is 0 Å². The van der Waals surface area contributed by atoms with Crippen molar-refractivity contribution in [3.8, 4) is 0 Å². The second-order valence-corrected chi connectivity index (χ2v) is 12.5. The Kier molecular flexibility index (Phi) is 5.59. The Hall–Kier alpha value is -0.173. The third kappa shape index (κ3) is 5.33. The minimum atomic E-state index is -3.57. The van der Waals surface area contributed by atoms with Crippen molar-refractivity contribution in [3.05, 3.63) is 12.7 Å². The molecule has 0 spiro atoms. The van der Waals surface area contributed by atoms with E-state index in [0.29, 0.717) is 6.42 Å². The first-order valence-corrected chi connectivity index (χ1v) is 10.2. The first-order valence-electron chi connectivity index (χ1n) is 5.68. The van der Waals surface area contributed by atoms with E-state index >= 15 is 0 Å². The molecule has 0 amide bonds. The van der Waals surface area contributed by atoms with Gasteiger partial charge in [-0.05, 0) is 24.6 Å². The van der Waals surface area contributed by atoms with Gasteiger partial charge in [-0.25, -0.2) is 13.6 Å². The zero-order valence-electron chi connectivity index (χ0n) is 11.5. The summed E-state index contributed by atoms with van der Waals surface area (Å²) in [6.07, 6.45) is 1.89. The van der Waals surface area contributed by atoms with E-state index in [1.165, 1.54) is 0 Å². The van der Waals surface area contributed by atoms with E-state index in [1.807, 2.05) is 0 Å². The molecule has 102 valence electrons. The molecule has 1 atom stereocenters. The summed E-state index contributed by atoms with van der Waals surface area (Å²) in [5.41, 5.74) is 0. The second-order valence-electron chi connectivity index (χ2n) is 5.81. The van der Waals surface area contributed by atoms with Crippen LogP contribution in [0.2, 0.25) is 18.1 Å². The number of hydrogen-bond donors (Lipinski definition) is 1. The van der Waals surface area contributed by atoms with Gasteiger partial charge in [-0.15, -0.1) is 6.58 Å². The Morgan fingerprint density at radius 3 is 2.18 bits per heavy atom. The molecule has 0 fully saturated rings.